The first-order valence-electron chi connectivity index (χ1n) is 11.3. The number of aliphatic hydroxyl groups excluding tert-OH is 1. The summed E-state index contributed by atoms with van der Waals surface area (Å²) in [5.41, 5.74) is 2.37. The molecule has 0 aliphatic heterocycles. The maximum atomic E-state index is 11.5. The fourth-order valence-electron chi connectivity index (χ4n) is 7.82. The van der Waals surface area contributed by atoms with E-state index >= 15 is 0 Å². The Kier molecular flexibility index (Phi) is 5.20. The number of esters is 1. The van der Waals surface area contributed by atoms with Gasteiger partial charge in [0.25, 0.3) is 0 Å². The van der Waals surface area contributed by atoms with Crippen LogP contribution in [-0.4, -0.2) is 24.3 Å². The van der Waals surface area contributed by atoms with Gasteiger partial charge in [-0.15, -0.1) is 0 Å². The molecule has 0 spiro atoms. The molecule has 7 atom stereocenters. The summed E-state index contributed by atoms with van der Waals surface area (Å²) in [7, 11) is 1.49. The zero-order valence-electron chi connectivity index (χ0n) is 17.5. The van der Waals surface area contributed by atoms with Crippen molar-refractivity contribution in [1.82, 2.24) is 0 Å². The largest absolute Gasteiger partial charge is 0.469 e. The maximum Gasteiger partial charge on any atom is 0.305 e. The third-order valence-electron chi connectivity index (χ3n) is 9.44. The second-order valence-electron chi connectivity index (χ2n) is 10.4. The SMILES string of the molecule is COC(=O)CCC[C@H]1CC[C@H]2[C@@H]3CC=C4C[C@@H](O)CC[C@]4(C)[C@H]3CC[C@]12C. The van der Waals surface area contributed by atoms with Gasteiger partial charge in [0.2, 0.25) is 0 Å². The van der Waals surface area contributed by atoms with Crippen LogP contribution in [0.5, 0.6) is 0 Å². The zero-order chi connectivity index (χ0) is 19.2. The van der Waals surface area contributed by atoms with E-state index in [2.05, 4.69) is 19.9 Å². The van der Waals surface area contributed by atoms with E-state index in [1.165, 1.54) is 52.1 Å². The molecule has 0 aromatic heterocycles. The Hall–Kier alpha value is -0.830. The monoisotopic (exact) mass is 374 g/mol. The first-order valence-corrected chi connectivity index (χ1v) is 11.3. The van der Waals surface area contributed by atoms with Gasteiger partial charge in [-0.05, 0) is 98.7 Å². The highest BCUT2D eigenvalue weighted by Gasteiger charge is 2.58. The lowest BCUT2D eigenvalue weighted by Crippen LogP contribution is -2.50. The standard InChI is InChI=1S/C24H38O3/c1-23-14-12-21-19(9-7-17-15-18(25)11-13-24(17,21)2)20(23)10-8-16(23)5-4-6-22(26)27-3/h7,16,18-21,25H,4-6,8-15H2,1-3H3/t16-,18-,19-,20-,21-,23+,24-/m0/s1. The summed E-state index contributed by atoms with van der Waals surface area (Å²) in [6.07, 6.45) is 14.9. The fourth-order valence-corrected chi connectivity index (χ4v) is 7.82. The van der Waals surface area contributed by atoms with E-state index in [9.17, 15) is 9.90 Å². The highest BCUT2D eigenvalue weighted by molar-refractivity contribution is 5.68. The summed E-state index contributed by atoms with van der Waals surface area (Å²) in [5, 5.41) is 10.2. The van der Waals surface area contributed by atoms with Gasteiger partial charge >= 0.3 is 5.97 Å². The minimum absolute atomic E-state index is 0.0595. The van der Waals surface area contributed by atoms with Gasteiger partial charge in [-0.2, -0.15) is 0 Å². The van der Waals surface area contributed by atoms with Crippen molar-refractivity contribution in [3.63, 3.8) is 0 Å². The Morgan fingerprint density at radius 2 is 2.00 bits per heavy atom. The second-order valence-corrected chi connectivity index (χ2v) is 10.4. The van der Waals surface area contributed by atoms with E-state index in [-0.39, 0.29) is 12.1 Å². The first-order chi connectivity index (χ1) is 12.9. The molecular weight excluding hydrogens is 336 g/mol. The van der Waals surface area contributed by atoms with Crippen molar-refractivity contribution in [2.45, 2.75) is 90.6 Å². The van der Waals surface area contributed by atoms with E-state index in [1.807, 2.05) is 0 Å². The number of fused-ring (bicyclic) bond motifs is 5. The van der Waals surface area contributed by atoms with Crippen molar-refractivity contribution in [3.05, 3.63) is 11.6 Å². The number of methoxy groups -OCH3 is 1. The molecule has 0 radical (unpaired) electrons. The van der Waals surface area contributed by atoms with Crippen molar-refractivity contribution >= 4 is 5.97 Å². The number of rotatable bonds is 4. The summed E-state index contributed by atoms with van der Waals surface area (Å²) in [6.45, 7) is 5.07. The van der Waals surface area contributed by atoms with Crippen LogP contribution in [-0.2, 0) is 9.53 Å². The molecule has 3 nitrogen and oxygen atoms in total. The van der Waals surface area contributed by atoms with Gasteiger partial charge in [-0.25, -0.2) is 0 Å². The molecule has 0 aromatic carbocycles. The first kappa shape index (κ1) is 19.5. The Bertz CT molecular complexity index is 611. The van der Waals surface area contributed by atoms with Crippen LogP contribution >= 0.6 is 0 Å². The predicted molar refractivity (Wildman–Crippen MR) is 107 cm³/mol. The lowest BCUT2D eigenvalue weighted by Gasteiger charge is -2.58. The lowest BCUT2D eigenvalue weighted by molar-refractivity contribution is -0.140. The Balaban J connectivity index is 1.48. The predicted octanol–water partition coefficient (Wildman–Crippen LogP) is 5.27. The summed E-state index contributed by atoms with van der Waals surface area (Å²) in [6, 6.07) is 0. The summed E-state index contributed by atoms with van der Waals surface area (Å²) < 4.78 is 4.82. The van der Waals surface area contributed by atoms with Crippen molar-refractivity contribution in [2.24, 2.45) is 34.5 Å². The zero-order valence-corrected chi connectivity index (χ0v) is 17.5. The maximum absolute atomic E-state index is 11.5. The van der Waals surface area contributed by atoms with Crippen molar-refractivity contribution in [2.75, 3.05) is 7.11 Å². The molecule has 3 heteroatoms. The Labute approximate surface area is 164 Å². The van der Waals surface area contributed by atoms with Gasteiger partial charge in [0, 0.05) is 6.42 Å². The molecule has 3 fully saturated rings. The molecule has 0 amide bonds. The Morgan fingerprint density at radius 1 is 1.19 bits per heavy atom. The second kappa shape index (κ2) is 7.21. The number of hydrogen-bond acceptors (Lipinski definition) is 3. The van der Waals surface area contributed by atoms with Crippen LogP contribution in [0.2, 0.25) is 0 Å². The van der Waals surface area contributed by atoms with Gasteiger partial charge in [-0.3, -0.25) is 4.79 Å². The molecule has 0 bridgehead atoms. The van der Waals surface area contributed by atoms with Gasteiger partial charge < -0.3 is 9.84 Å². The average molecular weight is 375 g/mol. The summed E-state index contributed by atoms with van der Waals surface area (Å²) in [5.74, 6) is 3.21. The van der Waals surface area contributed by atoms with E-state index < -0.39 is 0 Å². The van der Waals surface area contributed by atoms with Crippen LogP contribution in [0, 0.1) is 34.5 Å². The van der Waals surface area contributed by atoms with Crippen LogP contribution in [0.25, 0.3) is 0 Å². The van der Waals surface area contributed by atoms with Gasteiger partial charge in [-0.1, -0.05) is 25.5 Å². The van der Waals surface area contributed by atoms with Crippen LogP contribution < -0.4 is 0 Å². The minimum Gasteiger partial charge on any atom is -0.469 e. The Morgan fingerprint density at radius 3 is 2.78 bits per heavy atom. The molecule has 27 heavy (non-hydrogen) atoms. The molecular formula is C24H38O3. The lowest BCUT2D eigenvalue weighted by atomic mass is 9.47. The number of hydrogen-bond donors (Lipinski definition) is 1. The van der Waals surface area contributed by atoms with E-state index in [0.29, 0.717) is 17.3 Å². The summed E-state index contributed by atoms with van der Waals surface area (Å²) >= 11 is 0. The number of carbonyl (C=O) groups is 1. The van der Waals surface area contributed by atoms with Crippen molar-refractivity contribution < 1.29 is 14.6 Å². The molecule has 1 N–H and O–H groups in total. The van der Waals surface area contributed by atoms with Crippen LogP contribution in [0.15, 0.2) is 11.6 Å². The molecule has 3 saturated carbocycles. The van der Waals surface area contributed by atoms with Crippen molar-refractivity contribution in [1.29, 1.82) is 0 Å². The smallest absolute Gasteiger partial charge is 0.305 e. The van der Waals surface area contributed by atoms with Gasteiger partial charge in [0.15, 0.2) is 0 Å². The molecule has 4 aliphatic rings. The summed E-state index contributed by atoms with van der Waals surface area (Å²) in [4.78, 5) is 11.5. The van der Waals surface area contributed by atoms with Crippen LogP contribution in [0.1, 0.15) is 84.5 Å². The molecule has 4 rings (SSSR count). The molecule has 0 unspecified atom stereocenters. The fraction of sp³-hybridized carbons (Fsp3) is 0.875. The molecule has 4 aliphatic carbocycles. The highest BCUT2D eigenvalue weighted by Crippen LogP contribution is 2.66. The number of carbonyl (C=O) groups excluding carboxylic acids is 1. The molecule has 0 aromatic rings. The molecule has 152 valence electrons. The van der Waals surface area contributed by atoms with Gasteiger partial charge in [0.05, 0.1) is 13.2 Å². The third kappa shape index (κ3) is 3.18. The average Bonchev–Trinajstić information content (AvgIpc) is 2.99. The number of allylic oxidation sites excluding steroid dienone is 1. The van der Waals surface area contributed by atoms with Crippen molar-refractivity contribution in [3.8, 4) is 0 Å². The van der Waals surface area contributed by atoms with Crippen LogP contribution in [0.4, 0.5) is 0 Å². The highest BCUT2D eigenvalue weighted by atomic mass is 16.5. The normalized spacial score (nSPS) is 46.1. The number of aliphatic hydroxyl groups is 1. The van der Waals surface area contributed by atoms with Crippen LogP contribution in [0.3, 0.4) is 0 Å². The quantitative estimate of drug-likeness (QED) is 0.538. The molecule has 0 saturated heterocycles. The third-order valence-corrected chi connectivity index (χ3v) is 9.44. The van der Waals surface area contributed by atoms with Gasteiger partial charge in [0.1, 0.15) is 0 Å². The topological polar surface area (TPSA) is 46.5 Å². The molecule has 0 heterocycles. The van der Waals surface area contributed by atoms with E-state index in [1.54, 1.807) is 5.57 Å². The van der Waals surface area contributed by atoms with E-state index in [0.717, 1.165) is 42.9 Å². The minimum atomic E-state index is -0.111. The van der Waals surface area contributed by atoms with E-state index in [4.69, 9.17) is 4.74 Å². The number of ether oxygens (including phenoxy) is 1.